The van der Waals surface area contributed by atoms with Gasteiger partial charge in [0.15, 0.2) is 0 Å². The maximum Gasteiger partial charge on any atom is 0.0473 e. The van der Waals surface area contributed by atoms with Crippen LogP contribution in [0.1, 0.15) is 57.8 Å². The van der Waals surface area contributed by atoms with Crippen molar-refractivity contribution >= 4 is 0 Å². The molecule has 0 aromatic heterocycles. The maximum atomic E-state index is 6.34. The lowest BCUT2D eigenvalue weighted by molar-refractivity contribution is -0.0214. The average Bonchev–Trinajstić information content (AvgIpc) is 3.27. The van der Waals surface area contributed by atoms with Gasteiger partial charge in [-0.25, -0.2) is 0 Å². The summed E-state index contributed by atoms with van der Waals surface area (Å²) in [4.78, 5) is 5.65. The second kappa shape index (κ2) is 5.26. The van der Waals surface area contributed by atoms with Gasteiger partial charge in [0.25, 0.3) is 0 Å². The van der Waals surface area contributed by atoms with Crippen LogP contribution in [0.25, 0.3) is 0 Å². The molecule has 2 N–H and O–H groups in total. The third-order valence-corrected chi connectivity index (χ3v) is 6.66. The van der Waals surface area contributed by atoms with Gasteiger partial charge in [-0.1, -0.05) is 12.8 Å². The van der Waals surface area contributed by atoms with E-state index in [0.29, 0.717) is 5.54 Å². The van der Waals surface area contributed by atoms with Gasteiger partial charge >= 0.3 is 0 Å². The van der Waals surface area contributed by atoms with E-state index in [-0.39, 0.29) is 0 Å². The summed E-state index contributed by atoms with van der Waals surface area (Å²) in [6, 6.07) is 1.77. The molecule has 114 valence electrons. The van der Waals surface area contributed by atoms with Crippen LogP contribution in [0.5, 0.6) is 0 Å². The van der Waals surface area contributed by atoms with Crippen molar-refractivity contribution in [2.75, 3.05) is 26.2 Å². The van der Waals surface area contributed by atoms with Crippen LogP contribution < -0.4 is 5.73 Å². The zero-order valence-corrected chi connectivity index (χ0v) is 12.9. The van der Waals surface area contributed by atoms with Crippen LogP contribution in [-0.4, -0.2) is 53.6 Å². The lowest BCUT2D eigenvalue weighted by Gasteiger charge is -2.52. The summed E-state index contributed by atoms with van der Waals surface area (Å²) >= 11 is 0. The van der Waals surface area contributed by atoms with Gasteiger partial charge < -0.3 is 5.73 Å². The second-order valence-corrected chi connectivity index (χ2v) is 7.83. The van der Waals surface area contributed by atoms with E-state index < -0.39 is 0 Å². The maximum absolute atomic E-state index is 6.34. The van der Waals surface area contributed by atoms with E-state index in [0.717, 1.165) is 24.5 Å². The first-order chi connectivity index (χ1) is 9.82. The zero-order valence-electron chi connectivity index (χ0n) is 12.9. The molecule has 1 unspecified atom stereocenters. The molecule has 3 nitrogen and oxygen atoms in total. The summed E-state index contributed by atoms with van der Waals surface area (Å²) in [5.41, 5.74) is 6.66. The molecule has 3 heteroatoms. The second-order valence-electron chi connectivity index (χ2n) is 7.83. The van der Waals surface area contributed by atoms with E-state index in [2.05, 4.69) is 9.80 Å². The van der Waals surface area contributed by atoms with Gasteiger partial charge in [-0.3, -0.25) is 9.80 Å². The number of nitrogens with zero attached hydrogens (tertiary/aromatic N) is 2. The van der Waals surface area contributed by atoms with E-state index in [1.165, 1.54) is 77.4 Å². The van der Waals surface area contributed by atoms with Crippen molar-refractivity contribution in [3.05, 3.63) is 0 Å². The Balaban J connectivity index is 1.53. The van der Waals surface area contributed by atoms with E-state index in [1.54, 1.807) is 0 Å². The number of likely N-dealkylation sites (tertiary alicyclic amines) is 2. The summed E-state index contributed by atoms with van der Waals surface area (Å²) in [5.74, 6) is 0.982. The molecular formula is C17H31N3. The molecule has 0 aromatic carbocycles. The highest BCUT2D eigenvalue weighted by molar-refractivity contribution is 5.07. The van der Waals surface area contributed by atoms with Crippen molar-refractivity contribution in [1.82, 2.24) is 9.80 Å². The van der Waals surface area contributed by atoms with Crippen LogP contribution >= 0.6 is 0 Å². The molecular weight excluding hydrogens is 246 g/mol. The first-order valence-corrected chi connectivity index (χ1v) is 9.03. The van der Waals surface area contributed by atoms with E-state index in [1.807, 2.05) is 0 Å². The fourth-order valence-corrected chi connectivity index (χ4v) is 5.37. The van der Waals surface area contributed by atoms with Crippen LogP contribution in [-0.2, 0) is 0 Å². The van der Waals surface area contributed by atoms with Gasteiger partial charge in [0.05, 0.1) is 0 Å². The van der Waals surface area contributed by atoms with Crippen molar-refractivity contribution in [2.45, 2.75) is 75.4 Å². The Morgan fingerprint density at radius 1 is 0.950 bits per heavy atom. The Hall–Kier alpha value is -0.120. The van der Waals surface area contributed by atoms with Gasteiger partial charge in [0, 0.05) is 37.3 Å². The molecule has 0 radical (unpaired) electrons. The van der Waals surface area contributed by atoms with Crippen LogP contribution in [0, 0.1) is 5.92 Å². The van der Waals surface area contributed by atoms with Gasteiger partial charge in [0.2, 0.25) is 0 Å². The summed E-state index contributed by atoms with van der Waals surface area (Å²) in [7, 11) is 0. The minimum Gasteiger partial charge on any atom is -0.329 e. The highest BCUT2D eigenvalue weighted by Crippen LogP contribution is 2.43. The zero-order chi connectivity index (χ0) is 13.6. The number of rotatable bonds is 3. The molecule has 4 rings (SSSR count). The molecule has 2 saturated carbocycles. The molecule has 3 atom stereocenters. The normalized spacial score (nSPS) is 43.6. The van der Waals surface area contributed by atoms with Gasteiger partial charge in [0.1, 0.15) is 0 Å². The van der Waals surface area contributed by atoms with Gasteiger partial charge in [-0.05, 0) is 57.4 Å². The topological polar surface area (TPSA) is 32.5 Å². The molecule has 2 saturated heterocycles. The van der Waals surface area contributed by atoms with Crippen molar-refractivity contribution in [3.8, 4) is 0 Å². The van der Waals surface area contributed by atoms with E-state index >= 15 is 0 Å². The fraction of sp³-hybridized carbons (Fsp3) is 1.00. The number of hydrogen-bond acceptors (Lipinski definition) is 3. The number of fused-ring (bicyclic) bond motifs is 1. The molecule has 0 spiro atoms. The summed E-state index contributed by atoms with van der Waals surface area (Å²) in [6.45, 7) is 4.75. The monoisotopic (exact) mass is 277 g/mol. The van der Waals surface area contributed by atoms with Crippen molar-refractivity contribution in [2.24, 2.45) is 11.7 Å². The lowest BCUT2D eigenvalue weighted by atomic mass is 9.75. The van der Waals surface area contributed by atoms with Crippen molar-refractivity contribution < 1.29 is 0 Å². The molecule has 0 amide bonds. The largest absolute Gasteiger partial charge is 0.329 e. The average molecular weight is 277 g/mol. The Labute approximate surface area is 123 Å². The molecule has 2 aliphatic heterocycles. The van der Waals surface area contributed by atoms with Crippen LogP contribution in [0.15, 0.2) is 0 Å². The molecule has 0 aromatic rings. The number of hydrogen-bond donors (Lipinski definition) is 1. The standard InChI is InChI=1S/C17H31N3/c18-12-17(9-11-19(13-17)15-7-8-15)20-10-3-5-14-4-1-2-6-16(14)20/h14-16H,1-13,18H2/t14-,16-,17?/m1/s1. The number of nitrogens with two attached hydrogens (primary N) is 1. The fourth-order valence-electron chi connectivity index (χ4n) is 5.37. The van der Waals surface area contributed by atoms with E-state index in [9.17, 15) is 0 Å². The molecule has 0 bridgehead atoms. The van der Waals surface area contributed by atoms with Crippen molar-refractivity contribution in [3.63, 3.8) is 0 Å². The molecule has 4 aliphatic rings. The quantitative estimate of drug-likeness (QED) is 0.858. The Bertz CT molecular complexity index is 352. The van der Waals surface area contributed by atoms with Crippen LogP contribution in [0.2, 0.25) is 0 Å². The smallest absolute Gasteiger partial charge is 0.0473 e. The Kier molecular flexibility index (Phi) is 3.56. The SMILES string of the molecule is NCC1(N2CCC[C@H]3CCCC[C@H]32)CCN(C2CC2)C1. The first-order valence-electron chi connectivity index (χ1n) is 9.03. The molecule has 20 heavy (non-hydrogen) atoms. The van der Waals surface area contributed by atoms with Gasteiger partial charge in [-0.15, -0.1) is 0 Å². The number of piperidine rings is 1. The minimum atomic E-state index is 0.323. The highest BCUT2D eigenvalue weighted by Gasteiger charge is 2.49. The highest BCUT2D eigenvalue weighted by atomic mass is 15.3. The summed E-state index contributed by atoms with van der Waals surface area (Å²) in [5, 5.41) is 0. The molecule has 4 fully saturated rings. The minimum absolute atomic E-state index is 0.323. The third kappa shape index (κ3) is 2.22. The van der Waals surface area contributed by atoms with Crippen molar-refractivity contribution in [1.29, 1.82) is 0 Å². The Morgan fingerprint density at radius 3 is 2.55 bits per heavy atom. The van der Waals surface area contributed by atoms with Crippen LogP contribution in [0.4, 0.5) is 0 Å². The molecule has 2 heterocycles. The third-order valence-electron chi connectivity index (χ3n) is 6.66. The predicted molar refractivity (Wildman–Crippen MR) is 82.7 cm³/mol. The lowest BCUT2D eigenvalue weighted by Crippen LogP contribution is -2.63. The first kappa shape index (κ1) is 13.5. The Morgan fingerprint density at radius 2 is 1.75 bits per heavy atom. The van der Waals surface area contributed by atoms with E-state index in [4.69, 9.17) is 5.73 Å². The predicted octanol–water partition coefficient (Wildman–Crippen LogP) is 2.21. The van der Waals surface area contributed by atoms with Crippen LogP contribution in [0.3, 0.4) is 0 Å². The molecule has 2 aliphatic carbocycles. The summed E-state index contributed by atoms with van der Waals surface area (Å²) in [6.07, 6.45) is 12.9. The van der Waals surface area contributed by atoms with Gasteiger partial charge in [-0.2, -0.15) is 0 Å². The summed E-state index contributed by atoms with van der Waals surface area (Å²) < 4.78 is 0.